The van der Waals surface area contributed by atoms with E-state index in [0.717, 1.165) is 12.8 Å². The van der Waals surface area contributed by atoms with Crippen molar-refractivity contribution in [3.63, 3.8) is 0 Å². The second-order valence-electron chi connectivity index (χ2n) is 6.47. The molecule has 134 valence electrons. The second kappa shape index (κ2) is 15.7. The smallest absolute Gasteiger partial charge is 0.133 e. The largest absolute Gasteiger partial charge is 0.390 e. The molecule has 0 saturated heterocycles. The Hall–Kier alpha value is -0.160. The van der Waals surface area contributed by atoms with Crippen LogP contribution in [0, 0.1) is 0 Å². The van der Waals surface area contributed by atoms with Gasteiger partial charge in [-0.2, -0.15) is 0 Å². The number of aliphatic hydroxyl groups excluding tert-OH is 3. The minimum absolute atomic E-state index is 0.553. The van der Waals surface area contributed by atoms with E-state index >= 15 is 0 Å². The zero-order chi connectivity index (χ0) is 16.6. The average molecular weight is 318 g/mol. The molecule has 0 aliphatic rings. The summed E-state index contributed by atoms with van der Waals surface area (Å²) in [5.74, 6) is 0. The van der Waals surface area contributed by atoms with Crippen molar-refractivity contribution in [1.29, 1.82) is 0 Å². The third kappa shape index (κ3) is 12.4. The van der Waals surface area contributed by atoms with E-state index in [0.29, 0.717) is 6.42 Å². The summed E-state index contributed by atoms with van der Waals surface area (Å²) < 4.78 is 0. The summed E-state index contributed by atoms with van der Waals surface area (Å²) in [5, 5.41) is 31.2. The van der Waals surface area contributed by atoms with Crippen LogP contribution in [0.4, 0.5) is 0 Å². The van der Waals surface area contributed by atoms with E-state index in [2.05, 4.69) is 12.2 Å². The van der Waals surface area contributed by atoms with E-state index in [1.807, 2.05) is 0 Å². The van der Waals surface area contributed by atoms with Gasteiger partial charge in [0, 0.05) is 0 Å². The lowest BCUT2D eigenvalue weighted by molar-refractivity contribution is -0.0717. The SMILES string of the molecule is CCCCCCCCCCCCCCC(O)C(O)C(O)NC. The Labute approximate surface area is 137 Å². The van der Waals surface area contributed by atoms with E-state index in [9.17, 15) is 15.3 Å². The van der Waals surface area contributed by atoms with Crippen molar-refractivity contribution in [3.05, 3.63) is 0 Å². The molecule has 0 rings (SSSR count). The van der Waals surface area contributed by atoms with E-state index in [-0.39, 0.29) is 0 Å². The van der Waals surface area contributed by atoms with Gasteiger partial charge < -0.3 is 15.3 Å². The number of rotatable bonds is 16. The van der Waals surface area contributed by atoms with Crippen molar-refractivity contribution in [2.75, 3.05) is 7.05 Å². The van der Waals surface area contributed by atoms with Gasteiger partial charge in [0.2, 0.25) is 0 Å². The number of unbranched alkanes of at least 4 members (excludes halogenated alkanes) is 11. The van der Waals surface area contributed by atoms with Crippen molar-refractivity contribution in [2.24, 2.45) is 0 Å². The highest BCUT2D eigenvalue weighted by molar-refractivity contribution is 4.72. The first-order chi connectivity index (χ1) is 10.6. The van der Waals surface area contributed by atoms with Crippen molar-refractivity contribution >= 4 is 0 Å². The number of nitrogens with one attached hydrogen (secondary N) is 1. The molecule has 0 aliphatic carbocycles. The Morgan fingerprint density at radius 1 is 0.682 bits per heavy atom. The van der Waals surface area contributed by atoms with Crippen LogP contribution in [0.5, 0.6) is 0 Å². The minimum atomic E-state index is -1.10. The molecule has 0 aromatic heterocycles. The molecule has 3 unspecified atom stereocenters. The van der Waals surface area contributed by atoms with E-state index < -0.39 is 18.4 Å². The van der Waals surface area contributed by atoms with Gasteiger partial charge in [0.1, 0.15) is 12.3 Å². The van der Waals surface area contributed by atoms with Gasteiger partial charge in [-0.25, -0.2) is 0 Å². The molecule has 0 fully saturated rings. The van der Waals surface area contributed by atoms with Crippen LogP contribution in [0.3, 0.4) is 0 Å². The topological polar surface area (TPSA) is 72.7 Å². The zero-order valence-electron chi connectivity index (χ0n) is 14.8. The van der Waals surface area contributed by atoms with Gasteiger partial charge in [-0.05, 0) is 13.5 Å². The fourth-order valence-corrected chi connectivity index (χ4v) is 2.75. The lowest BCUT2D eigenvalue weighted by Gasteiger charge is -2.22. The first kappa shape index (κ1) is 21.8. The summed E-state index contributed by atoms with van der Waals surface area (Å²) in [7, 11) is 1.56. The van der Waals surface area contributed by atoms with Crippen molar-refractivity contribution in [3.8, 4) is 0 Å². The molecule has 0 heterocycles. The summed E-state index contributed by atoms with van der Waals surface area (Å²) in [6.07, 6.45) is 13.0. The Morgan fingerprint density at radius 3 is 1.50 bits per heavy atom. The molecule has 4 N–H and O–H groups in total. The molecule has 0 aliphatic heterocycles. The van der Waals surface area contributed by atoms with Gasteiger partial charge in [-0.3, -0.25) is 5.32 Å². The van der Waals surface area contributed by atoms with Gasteiger partial charge in [0.05, 0.1) is 6.10 Å². The summed E-state index contributed by atoms with van der Waals surface area (Å²) in [5.41, 5.74) is 0. The van der Waals surface area contributed by atoms with Crippen LogP contribution in [0.1, 0.15) is 90.4 Å². The van der Waals surface area contributed by atoms with E-state index in [4.69, 9.17) is 0 Å². The van der Waals surface area contributed by atoms with E-state index in [1.165, 1.54) is 64.2 Å². The maximum atomic E-state index is 9.73. The fourth-order valence-electron chi connectivity index (χ4n) is 2.75. The molecule has 0 spiro atoms. The van der Waals surface area contributed by atoms with Crippen LogP contribution >= 0.6 is 0 Å². The Kier molecular flexibility index (Phi) is 15.6. The molecule has 0 aromatic carbocycles. The maximum absolute atomic E-state index is 9.73. The highest BCUT2D eigenvalue weighted by Gasteiger charge is 2.22. The van der Waals surface area contributed by atoms with Crippen LogP contribution in [-0.4, -0.2) is 40.8 Å². The van der Waals surface area contributed by atoms with E-state index in [1.54, 1.807) is 7.05 Å². The van der Waals surface area contributed by atoms with Crippen molar-refractivity contribution in [2.45, 2.75) is 109 Å². The maximum Gasteiger partial charge on any atom is 0.133 e. The third-order valence-electron chi connectivity index (χ3n) is 4.37. The predicted molar refractivity (Wildman–Crippen MR) is 92.8 cm³/mol. The lowest BCUT2D eigenvalue weighted by Crippen LogP contribution is -2.44. The van der Waals surface area contributed by atoms with Gasteiger partial charge in [0.25, 0.3) is 0 Å². The summed E-state index contributed by atoms with van der Waals surface area (Å²) in [6.45, 7) is 2.25. The zero-order valence-corrected chi connectivity index (χ0v) is 14.8. The Bertz CT molecular complexity index is 226. The quantitative estimate of drug-likeness (QED) is 0.260. The van der Waals surface area contributed by atoms with Crippen LogP contribution in [0.2, 0.25) is 0 Å². The first-order valence-corrected chi connectivity index (χ1v) is 9.35. The number of likely N-dealkylation sites (N-methyl/N-ethyl adjacent to an activating group) is 1. The number of hydrogen-bond acceptors (Lipinski definition) is 4. The van der Waals surface area contributed by atoms with Gasteiger partial charge in [-0.1, -0.05) is 84.0 Å². The summed E-state index contributed by atoms with van der Waals surface area (Å²) in [4.78, 5) is 0. The van der Waals surface area contributed by atoms with Crippen LogP contribution in [-0.2, 0) is 0 Å². The molecule has 22 heavy (non-hydrogen) atoms. The van der Waals surface area contributed by atoms with Crippen molar-refractivity contribution < 1.29 is 15.3 Å². The monoisotopic (exact) mass is 317 g/mol. The summed E-state index contributed by atoms with van der Waals surface area (Å²) >= 11 is 0. The Morgan fingerprint density at radius 2 is 1.09 bits per heavy atom. The molecule has 4 heteroatoms. The molecule has 0 saturated carbocycles. The molecular formula is C18H39NO3. The first-order valence-electron chi connectivity index (χ1n) is 9.35. The lowest BCUT2D eigenvalue weighted by atomic mass is 10.0. The number of hydrogen-bond donors (Lipinski definition) is 4. The van der Waals surface area contributed by atoms with Crippen LogP contribution in [0.15, 0.2) is 0 Å². The fraction of sp³-hybridized carbons (Fsp3) is 1.00. The molecule has 0 bridgehead atoms. The van der Waals surface area contributed by atoms with Crippen molar-refractivity contribution in [1.82, 2.24) is 5.32 Å². The Balaban J connectivity index is 3.26. The normalized spacial score (nSPS) is 15.7. The number of aliphatic hydroxyl groups is 3. The highest BCUT2D eigenvalue weighted by atomic mass is 16.4. The van der Waals surface area contributed by atoms with Gasteiger partial charge >= 0.3 is 0 Å². The summed E-state index contributed by atoms with van der Waals surface area (Å²) in [6, 6.07) is 0. The highest BCUT2D eigenvalue weighted by Crippen LogP contribution is 2.14. The predicted octanol–water partition coefficient (Wildman–Crippen LogP) is 3.34. The van der Waals surface area contributed by atoms with Crippen LogP contribution in [0.25, 0.3) is 0 Å². The molecule has 0 amide bonds. The molecule has 0 radical (unpaired) electrons. The minimum Gasteiger partial charge on any atom is -0.390 e. The molecule has 0 aromatic rings. The third-order valence-corrected chi connectivity index (χ3v) is 4.37. The standard InChI is InChI=1S/C18H39NO3/c1-3-4-5-6-7-8-9-10-11-12-13-14-15-16(20)17(21)18(22)19-2/h16-22H,3-15H2,1-2H3. The van der Waals surface area contributed by atoms with Gasteiger partial charge in [-0.15, -0.1) is 0 Å². The molecule has 3 atom stereocenters. The molecular weight excluding hydrogens is 278 g/mol. The van der Waals surface area contributed by atoms with Crippen LogP contribution < -0.4 is 5.32 Å². The average Bonchev–Trinajstić information content (AvgIpc) is 2.54. The molecule has 4 nitrogen and oxygen atoms in total. The second-order valence-corrected chi connectivity index (χ2v) is 6.47. The van der Waals surface area contributed by atoms with Gasteiger partial charge in [0.15, 0.2) is 0 Å².